The third-order valence-electron chi connectivity index (χ3n) is 2.56. The molecule has 1 aliphatic carbocycles. The molecular formula is C10H11N3O3. The highest BCUT2D eigenvalue weighted by Crippen LogP contribution is 2.28. The molecule has 1 heterocycles. The van der Waals surface area contributed by atoms with Crippen LogP contribution in [0, 0.1) is 0 Å². The summed E-state index contributed by atoms with van der Waals surface area (Å²) in [5, 5.41) is 9.70. The Hall–Kier alpha value is -1.95. The first-order valence-corrected chi connectivity index (χ1v) is 4.74. The second-order valence-electron chi connectivity index (χ2n) is 3.73. The van der Waals surface area contributed by atoms with Crippen LogP contribution in [0.25, 0.3) is 0 Å². The van der Waals surface area contributed by atoms with Crippen LogP contribution in [-0.2, 0) is 4.79 Å². The summed E-state index contributed by atoms with van der Waals surface area (Å²) in [5.74, 6) is -0.376. The number of primary amides is 1. The number of carbonyl (C=O) groups excluding carboxylic acids is 2. The molecule has 0 bridgehead atoms. The van der Waals surface area contributed by atoms with Crippen molar-refractivity contribution in [1.82, 2.24) is 4.90 Å². The standard InChI is InChI=1S/C10H11N3O3/c1-13-4-9(15)5-2-6(12-10(11)16)8(14)3-7(5)13/h2-3,9,15H,4H2,1H3,(H2,11,16)/b12-6-. The van der Waals surface area contributed by atoms with Crippen molar-refractivity contribution in [3.8, 4) is 0 Å². The van der Waals surface area contributed by atoms with E-state index in [1.54, 1.807) is 11.9 Å². The quantitative estimate of drug-likeness (QED) is 0.524. The van der Waals surface area contributed by atoms with Crippen LogP contribution in [-0.4, -0.2) is 47.2 Å². The molecule has 6 heteroatoms. The summed E-state index contributed by atoms with van der Waals surface area (Å²) < 4.78 is 0. The molecule has 2 amide bonds. The van der Waals surface area contributed by atoms with E-state index in [4.69, 9.17) is 5.73 Å². The molecule has 2 aliphatic rings. The Kier molecular flexibility index (Phi) is 2.35. The molecule has 1 aliphatic heterocycles. The number of allylic oxidation sites excluding steroid dienone is 2. The van der Waals surface area contributed by atoms with E-state index in [-0.39, 0.29) is 11.5 Å². The average Bonchev–Trinajstić information content (AvgIpc) is 2.43. The number of nitrogens with zero attached hydrogens (tertiary/aromatic N) is 2. The Morgan fingerprint density at radius 1 is 1.62 bits per heavy atom. The monoisotopic (exact) mass is 221 g/mol. The molecule has 84 valence electrons. The van der Waals surface area contributed by atoms with Gasteiger partial charge in [-0.05, 0) is 6.08 Å². The molecule has 6 nitrogen and oxygen atoms in total. The summed E-state index contributed by atoms with van der Waals surface area (Å²) in [7, 11) is 1.78. The van der Waals surface area contributed by atoms with Crippen LogP contribution in [0.1, 0.15) is 0 Å². The molecular weight excluding hydrogens is 210 g/mol. The molecule has 0 aromatic carbocycles. The lowest BCUT2D eigenvalue weighted by Gasteiger charge is -2.14. The number of carbonyl (C=O) groups is 2. The van der Waals surface area contributed by atoms with Gasteiger partial charge in [0.05, 0.1) is 6.10 Å². The van der Waals surface area contributed by atoms with Crippen LogP contribution >= 0.6 is 0 Å². The minimum absolute atomic E-state index is 0.0272. The Bertz CT molecular complexity index is 462. The predicted molar refractivity (Wildman–Crippen MR) is 56.8 cm³/mol. The number of aliphatic imine (C=N–C) groups is 1. The van der Waals surface area contributed by atoms with Crippen LogP contribution in [0.15, 0.2) is 28.4 Å². The van der Waals surface area contributed by atoms with Crippen molar-refractivity contribution in [3.05, 3.63) is 23.4 Å². The SMILES string of the molecule is CN1CC(O)C2=C/C(=N/C(N)=O)C(=O)C=C21. The molecule has 0 spiro atoms. The Morgan fingerprint density at radius 2 is 2.31 bits per heavy atom. The number of likely N-dealkylation sites (N-methyl/N-ethyl adjacent to an activating group) is 1. The second kappa shape index (κ2) is 3.57. The summed E-state index contributed by atoms with van der Waals surface area (Å²) in [6.45, 7) is 0.425. The number of hydrogen-bond donors (Lipinski definition) is 2. The number of hydrogen-bond acceptors (Lipinski definition) is 4. The molecule has 0 aromatic heterocycles. The van der Waals surface area contributed by atoms with Gasteiger partial charge >= 0.3 is 6.03 Å². The maximum absolute atomic E-state index is 11.6. The van der Waals surface area contributed by atoms with E-state index in [9.17, 15) is 14.7 Å². The van der Waals surface area contributed by atoms with E-state index in [0.717, 1.165) is 0 Å². The summed E-state index contributed by atoms with van der Waals surface area (Å²) in [6.07, 6.45) is 2.10. The molecule has 1 saturated heterocycles. The van der Waals surface area contributed by atoms with Gasteiger partial charge in [0.25, 0.3) is 0 Å². The van der Waals surface area contributed by atoms with E-state index >= 15 is 0 Å². The number of ketones is 1. The van der Waals surface area contributed by atoms with Gasteiger partial charge in [-0.2, -0.15) is 4.99 Å². The Balaban J connectivity index is 2.44. The second-order valence-corrected chi connectivity index (χ2v) is 3.73. The predicted octanol–water partition coefficient (Wildman–Crippen LogP) is -0.795. The number of amides is 2. The molecule has 1 unspecified atom stereocenters. The van der Waals surface area contributed by atoms with Gasteiger partial charge < -0.3 is 15.7 Å². The van der Waals surface area contributed by atoms with Gasteiger partial charge in [-0.15, -0.1) is 0 Å². The highest BCUT2D eigenvalue weighted by atomic mass is 16.3. The maximum atomic E-state index is 11.6. The van der Waals surface area contributed by atoms with Gasteiger partial charge in [-0.25, -0.2) is 4.79 Å². The fourth-order valence-electron chi connectivity index (χ4n) is 1.83. The van der Waals surface area contributed by atoms with Crippen molar-refractivity contribution in [2.75, 3.05) is 13.6 Å². The zero-order chi connectivity index (χ0) is 11.9. The largest absolute Gasteiger partial charge is 0.386 e. The van der Waals surface area contributed by atoms with Crippen LogP contribution in [0.4, 0.5) is 4.79 Å². The third kappa shape index (κ3) is 1.63. The first-order chi connectivity index (χ1) is 7.49. The van der Waals surface area contributed by atoms with Crippen molar-refractivity contribution in [3.63, 3.8) is 0 Å². The van der Waals surface area contributed by atoms with Gasteiger partial charge in [0.2, 0.25) is 5.78 Å². The highest BCUT2D eigenvalue weighted by Gasteiger charge is 2.32. The Morgan fingerprint density at radius 3 is 2.94 bits per heavy atom. The summed E-state index contributed by atoms with van der Waals surface area (Å²) in [6, 6.07) is -0.919. The zero-order valence-electron chi connectivity index (χ0n) is 8.67. The topological polar surface area (TPSA) is 96.0 Å². The van der Waals surface area contributed by atoms with Crippen molar-refractivity contribution in [1.29, 1.82) is 0 Å². The number of urea groups is 1. The van der Waals surface area contributed by atoms with Crippen LogP contribution in [0.5, 0.6) is 0 Å². The van der Waals surface area contributed by atoms with E-state index in [2.05, 4.69) is 4.99 Å². The molecule has 3 N–H and O–H groups in total. The fraction of sp³-hybridized carbons (Fsp3) is 0.300. The smallest absolute Gasteiger partial charge is 0.339 e. The van der Waals surface area contributed by atoms with Gasteiger partial charge in [-0.3, -0.25) is 4.79 Å². The number of fused-ring (bicyclic) bond motifs is 1. The number of rotatable bonds is 0. The first-order valence-electron chi connectivity index (χ1n) is 4.74. The van der Waals surface area contributed by atoms with Crippen molar-refractivity contribution in [2.45, 2.75) is 6.10 Å². The van der Waals surface area contributed by atoms with Crippen LogP contribution < -0.4 is 5.73 Å². The molecule has 1 fully saturated rings. The van der Waals surface area contributed by atoms with Gasteiger partial charge in [0.15, 0.2) is 0 Å². The number of aliphatic hydroxyl groups excluding tert-OH is 1. The summed E-state index contributed by atoms with van der Waals surface area (Å²) >= 11 is 0. The first kappa shape index (κ1) is 10.6. The van der Waals surface area contributed by atoms with Crippen molar-refractivity contribution < 1.29 is 14.7 Å². The van der Waals surface area contributed by atoms with E-state index in [1.807, 2.05) is 0 Å². The van der Waals surface area contributed by atoms with Crippen LogP contribution in [0.3, 0.4) is 0 Å². The average molecular weight is 221 g/mol. The summed E-state index contributed by atoms with van der Waals surface area (Å²) in [4.78, 5) is 27.3. The third-order valence-corrected chi connectivity index (χ3v) is 2.56. The lowest BCUT2D eigenvalue weighted by molar-refractivity contribution is -0.108. The number of nitrogens with two attached hydrogens (primary N) is 1. The van der Waals surface area contributed by atoms with Gasteiger partial charge in [0.1, 0.15) is 5.71 Å². The number of aliphatic hydroxyl groups is 1. The lowest BCUT2D eigenvalue weighted by atomic mass is 10.00. The number of likely N-dealkylation sites (tertiary alicyclic amines) is 1. The maximum Gasteiger partial charge on any atom is 0.339 e. The molecule has 16 heavy (non-hydrogen) atoms. The fourth-order valence-corrected chi connectivity index (χ4v) is 1.83. The highest BCUT2D eigenvalue weighted by molar-refractivity contribution is 6.50. The molecule has 2 rings (SSSR count). The lowest BCUT2D eigenvalue weighted by Crippen LogP contribution is -2.21. The molecule has 0 aromatic rings. The normalized spacial score (nSPS) is 26.6. The molecule has 0 radical (unpaired) electrons. The number of β-amino-alcohol motifs (C(OH)–C–C–N with tert-alkyl or cyclic N) is 1. The van der Waals surface area contributed by atoms with E-state index in [0.29, 0.717) is 17.8 Å². The van der Waals surface area contributed by atoms with E-state index < -0.39 is 12.1 Å². The Labute approximate surface area is 91.7 Å². The van der Waals surface area contributed by atoms with Crippen molar-refractivity contribution >= 4 is 17.5 Å². The van der Waals surface area contributed by atoms with Gasteiger partial charge in [0, 0.05) is 30.9 Å². The minimum atomic E-state index is -0.919. The molecule has 1 atom stereocenters. The van der Waals surface area contributed by atoms with Crippen LogP contribution in [0.2, 0.25) is 0 Å². The van der Waals surface area contributed by atoms with Crippen molar-refractivity contribution in [2.24, 2.45) is 10.7 Å². The molecule has 0 saturated carbocycles. The van der Waals surface area contributed by atoms with E-state index in [1.165, 1.54) is 12.2 Å². The minimum Gasteiger partial charge on any atom is -0.386 e. The zero-order valence-corrected chi connectivity index (χ0v) is 8.67. The van der Waals surface area contributed by atoms with Gasteiger partial charge in [-0.1, -0.05) is 0 Å². The summed E-state index contributed by atoms with van der Waals surface area (Å²) in [5.41, 5.74) is 6.12.